The SMILES string of the molecule is CCCc1c(OC(C(=O)OC)c2ccccc2)c(Cl)cc2c(-c3ccccc3)noc12. The Morgan fingerprint density at radius 2 is 1.77 bits per heavy atom. The van der Waals surface area contributed by atoms with E-state index in [0.29, 0.717) is 34.0 Å². The highest BCUT2D eigenvalue weighted by Crippen LogP contribution is 2.42. The number of hydrogen-bond donors (Lipinski definition) is 0. The van der Waals surface area contributed by atoms with Gasteiger partial charge in [0.1, 0.15) is 11.4 Å². The Hall–Kier alpha value is -3.31. The lowest BCUT2D eigenvalue weighted by Gasteiger charge is -2.20. The first kappa shape index (κ1) is 20.9. The summed E-state index contributed by atoms with van der Waals surface area (Å²) >= 11 is 6.69. The molecule has 0 fully saturated rings. The van der Waals surface area contributed by atoms with Crippen molar-refractivity contribution in [3.05, 3.63) is 82.9 Å². The molecule has 0 radical (unpaired) electrons. The van der Waals surface area contributed by atoms with Gasteiger partial charge in [0.25, 0.3) is 0 Å². The molecule has 4 rings (SSSR count). The van der Waals surface area contributed by atoms with Crippen LogP contribution in [0.1, 0.15) is 30.6 Å². The fraction of sp³-hybridized carbons (Fsp3) is 0.200. The average Bonchev–Trinajstić information content (AvgIpc) is 3.23. The fourth-order valence-electron chi connectivity index (χ4n) is 3.60. The lowest BCUT2D eigenvalue weighted by atomic mass is 10.0. The molecule has 5 nitrogen and oxygen atoms in total. The van der Waals surface area contributed by atoms with E-state index in [-0.39, 0.29) is 0 Å². The number of aryl methyl sites for hydroxylation is 1. The lowest BCUT2D eigenvalue weighted by molar-refractivity contribution is -0.149. The molecule has 1 aromatic heterocycles. The van der Waals surface area contributed by atoms with Crippen LogP contribution >= 0.6 is 11.6 Å². The number of ether oxygens (including phenoxy) is 2. The van der Waals surface area contributed by atoms with Crippen LogP contribution in [0.25, 0.3) is 22.2 Å². The molecular weight excluding hydrogens is 414 g/mol. The minimum absolute atomic E-state index is 0.390. The number of methoxy groups -OCH3 is 1. The number of nitrogens with zero attached hydrogens (tertiary/aromatic N) is 1. The summed E-state index contributed by atoms with van der Waals surface area (Å²) in [7, 11) is 1.34. The smallest absolute Gasteiger partial charge is 0.351 e. The molecule has 158 valence electrons. The molecule has 0 aliphatic carbocycles. The Morgan fingerprint density at radius 1 is 1.10 bits per heavy atom. The summed E-state index contributed by atoms with van der Waals surface area (Å²) in [5.74, 6) is -0.0987. The van der Waals surface area contributed by atoms with Crippen LogP contribution in [0.5, 0.6) is 5.75 Å². The van der Waals surface area contributed by atoms with Crippen LogP contribution in [0.4, 0.5) is 0 Å². The predicted octanol–water partition coefficient (Wildman–Crippen LogP) is 6.39. The summed E-state index contributed by atoms with van der Waals surface area (Å²) in [6.45, 7) is 2.06. The third-order valence-corrected chi connectivity index (χ3v) is 5.35. The monoisotopic (exact) mass is 435 g/mol. The van der Waals surface area contributed by atoms with Gasteiger partial charge in [-0.25, -0.2) is 4.79 Å². The number of carbonyl (C=O) groups is 1. The molecule has 0 spiro atoms. The Bertz CT molecular complexity index is 1190. The van der Waals surface area contributed by atoms with E-state index < -0.39 is 12.1 Å². The predicted molar refractivity (Wildman–Crippen MR) is 120 cm³/mol. The molecule has 1 unspecified atom stereocenters. The van der Waals surface area contributed by atoms with E-state index in [4.69, 9.17) is 25.6 Å². The molecule has 0 saturated carbocycles. The largest absolute Gasteiger partial charge is 0.472 e. The highest BCUT2D eigenvalue weighted by Gasteiger charge is 2.28. The van der Waals surface area contributed by atoms with E-state index in [9.17, 15) is 4.79 Å². The molecule has 0 bridgehead atoms. The summed E-state index contributed by atoms with van der Waals surface area (Å²) in [4.78, 5) is 12.5. The maximum atomic E-state index is 12.5. The molecule has 0 aliphatic heterocycles. The second kappa shape index (κ2) is 9.23. The normalized spacial score (nSPS) is 12.0. The van der Waals surface area contributed by atoms with Crippen molar-refractivity contribution in [3.8, 4) is 17.0 Å². The molecule has 6 heteroatoms. The van der Waals surface area contributed by atoms with E-state index in [2.05, 4.69) is 12.1 Å². The molecule has 4 aromatic rings. The second-order valence-electron chi connectivity index (χ2n) is 7.12. The first-order valence-electron chi connectivity index (χ1n) is 10.1. The van der Waals surface area contributed by atoms with Crippen molar-refractivity contribution < 1.29 is 18.8 Å². The summed E-state index contributed by atoms with van der Waals surface area (Å²) < 4.78 is 16.9. The molecule has 31 heavy (non-hydrogen) atoms. The number of rotatable bonds is 7. The second-order valence-corrected chi connectivity index (χ2v) is 7.53. The van der Waals surface area contributed by atoms with Crippen molar-refractivity contribution in [2.45, 2.75) is 25.9 Å². The Balaban J connectivity index is 1.85. The number of carbonyl (C=O) groups excluding carboxylic acids is 1. The van der Waals surface area contributed by atoms with Crippen LogP contribution in [0.2, 0.25) is 5.02 Å². The van der Waals surface area contributed by atoms with E-state index in [1.807, 2.05) is 60.7 Å². The topological polar surface area (TPSA) is 61.6 Å². The Morgan fingerprint density at radius 3 is 2.42 bits per heavy atom. The summed E-state index contributed by atoms with van der Waals surface area (Å²) in [6.07, 6.45) is 0.535. The lowest BCUT2D eigenvalue weighted by Crippen LogP contribution is -2.21. The third-order valence-electron chi connectivity index (χ3n) is 5.06. The number of halogens is 1. The molecular formula is C25H22ClNO4. The van der Waals surface area contributed by atoms with Gasteiger partial charge in [0, 0.05) is 16.7 Å². The standard InChI is InChI=1S/C25H22ClNO4/c1-3-10-18-23-19(21(27-31-23)16-11-6-4-7-12-16)15-20(26)24(18)30-22(25(28)29-2)17-13-8-5-9-14-17/h4-9,11-15,22H,3,10H2,1-2H3. The van der Waals surface area contributed by atoms with Gasteiger partial charge in [0.05, 0.1) is 17.5 Å². The number of benzene rings is 3. The van der Waals surface area contributed by atoms with Crippen LogP contribution < -0.4 is 4.74 Å². The van der Waals surface area contributed by atoms with Crippen molar-refractivity contribution in [1.29, 1.82) is 0 Å². The number of fused-ring (bicyclic) bond motifs is 1. The van der Waals surface area contributed by atoms with Gasteiger partial charge >= 0.3 is 5.97 Å². The minimum Gasteiger partial charge on any atom is -0.472 e. The molecule has 0 aliphatic rings. The van der Waals surface area contributed by atoms with Gasteiger partial charge in [-0.1, -0.05) is 90.8 Å². The quantitative estimate of drug-likeness (QED) is 0.314. The Labute approximate surface area is 185 Å². The fourth-order valence-corrected chi connectivity index (χ4v) is 3.87. The minimum atomic E-state index is -0.951. The first-order valence-corrected chi connectivity index (χ1v) is 10.5. The highest BCUT2D eigenvalue weighted by atomic mass is 35.5. The van der Waals surface area contributed by atoms with Crippen molar-refractivity contribution in [3.63, 3.8) is 0 Å². The van der Waals surface area contributed by atoms with Gasteiger partial charge in [-0.15, -0.1) is 0 Å². The van der Waals surface area contributed by atoms with Gasteiger partial charge in [-0.05, 0) is 12.5 Å². The number of esters is 1. The van der Waals surface area contributed by atoms with Crippen LogP contribution in [0.15, 0.2) is 71.3 Å². The van der Waals surface area contributed by atoms with Gasteiger partial charge in [0.15, 0.2) is 5.58 Å². The van der Waals surface area contributed by atoms with E-state index in [0.717, 1.165) is 22.9 Å². The summed E-state index contributed by atoms with van der Waals surface area (Å²) in [5, 5.41) is 5.50. The zero-order valence-corrected chi connectivity index (χ0v) is 18.1. The van der Waals surface area contributed by atoms with Crippen molar-refractivity contribution >= 4 is 28.5 Å². The van der Waals surface area contributed by atoms with Gasteiger partial charge < -0.3 is 14.0 Å². The van der Waals surface area contributed by atoms with Crippen LogP contribution in [0, 0.1) is 0 Å². The summed E-state index contributed by atoms with van der Waals surface area (Å²) in [6, 6.07) is 20.8. The van der Waals surface area contributed by atoms with E-state index >= 15 is 0 Å². The average molecular weight is 436 g/mol. The van der Waals surface area contributed by atoms with E-state index in [1.54, 1.807) is 6.07 Å². The molecule has 0 amide bonds. The van der Waals surface area contributed by atoms with Gasteiger partial charge in [-0.2, -0.15) is 0 Å². The first-order chi connectivity index (χ1) is 15.1. The maximum Gasteiger partial charge on any atom is 0.351 e. The molecule has 1 heterocycles. The van der Waals surface area contributed by atoms with Crippen LogP contribution in [0.3, 0.4) is 0 Å². The third kappa shape index (κ3) is 4.14. The number of aromatic nitrogens is 1. The molecule has 3 aromatic carbocycles. The van der Waals surface area contributed by atoms with Crippen molar-refractivity contribution in [2.75, 3.05) is 7.11 Å². The zero-order valence-electron chi connectivity index (χ0n) is 17.3. The van der Waals surface area contributed by atoms with Crippen LogP contribution in [-0.4, -0.2) is 18.2 Å². The molecule has 1 atom stereocenters. The Kier molecular flexibility index (Phi) is 6.23. The van der Waals surface area contributed by atoms with Gasteiger partial charge in [0.2, 0.25) is 6.10 Å². The zero-order chi connectivity index (χ0) is 21.8. The van der Waals surface area contributed by atoms with Crippen molar-refractivity contribution in [1.82, 2.24) is 5.16 Å². The molecule has 0 saturated heterocycles. The van der Waals surface area contributed by atoms with Crippen LogP contribution in [-0.2, 0) is 16.0 Å². The highest BCUT2D eigenvalue weighted by molar-refractivity contribution is 6.33. The van der Waals surface area contributed by atoms with Gasteiger partial charge in [-0.3, -0.25) is 0 Å². The van der Waals surface area contributed by atoms with Crippen molar-refractivity contribution in [2.24, 2.45) is 0 Å². The van der Waals surface area contributed by atoms with E-state index in [1.165, 1.54) is 7.11 Å². The molecule has 0 N–H and O–H groups in total. The maximum absolute atomic E-state index is 12.5. The number of hydrogen-bond acceptors (Lipinski definition) is 5. The summed E-state index contributed by atoms with van der Waals surface area (Å²) in [5.41, 5.74) is 3.72.